The average molecular weight is 303 g/mol. The number of hydrogen-bond acceptors (Lipinski definition) is 5. The Morgan fingerprint density at radius 1 is 1.23 bits per heavy atom. The molecule has 0 N–H and O–H groups in total. The van der Waals surface area contributed by atoms with Crippen LogP contribution in [-0.4, -0.2) is 37.1 Å². The highest BCUT2D eigenvalue weighted by molar-refractivity contribution is 5.84. The number of fused-ring (bicyclic) bond motifs is 1. The van der Waals surface area contributed by atoms with Crippen LogP contribution < -0.4 is 5.63 Å². The molecule has 0 unspecified atom stereocenters. The maximum Gasteiger partial charge on any atom is 0.336 e. The molecule has 0 saturated heterocycles. The van der Waals surface area contributed by atoms with E-state index in [2.05, 4.69) is 18.7 Å². The summed E-state index contributed by atoms with van der Waals surface area (Å²) in [7, 11) is 0. The third kappa shape index (κ3) is 4.18. The van der Waals surface area contributed by atoms with Crippen molar-refractivity contribution >= 4 is 16.9 Å². The van der Waals surface area contributed by atoms with Crippen molar-refractivity contribution in [3.8, 4) is 0 Å². The van der Waals surface area contributed by atoms with E-state index >= 15 is 0 Å². The highest BCUT2D eigenvalue weighted by Gasteiger charge is 2.11. The van der Waals surface area contributed by atoms with E-state index in [9.17, 15) is 9.59 Å². The summed E-state index contributed by atoms with van der Waals surface area (Å²) in [6, 6.07) is 8.53. The smallest absolute Gasteiger partial charge is 0.336 e. The van der Waals surface area contributed by atoms with Crippen LogP contribution in [0.5, 0.6) is 0 Å². The lowest BCUT2D eigenvalue weighted by atomic mass is 10.1. The summed E-state index contributed by atoms with van der Waals surface area (Å²) in [5, 5.41) is 0.766. The lowest BCUT2D eigenvalue weighted by molar-refractivity contribution is -0.143. The number of para-hydroxylation sites is 1. The SMILES string of the molecule is CCN(CC)CCOC(=O)Cc1cc(=O)oc2ccccc12. The van der Waals surface area contributed by atoms with E-state index in [1.165, 1.54) is 6.07 Å². The first-order valence-corrected chi connectivity index (χ1v) is 7.53. The van der Waals surface area contributed by atoms with Crippen molar-refractivity contribution in [1.29, 1.82) is 0 Å². The molecule has 2 rings (SSSR count). The minimum Gasteiger partial charge on any atom is -0.464 e. The zero-order chi connectivity index (χ0) is 15.9. The van der Waals surface area contributed by atoms with Gasteiger partial charge < -0.3 is 14.1 Å². The average Bonchev–Trinajstić information content (AvgIpc) is 2.51. The van der Waals surface area contributed by atoms with Crippen LogP contribution in [0, 0.1) is 0 Å². The van der Waals surface area contributed by atoms with Gasteiger partial charge in [0.25, 0.3) is 0 Å². The summed E-state index contributed by atoms with van der Waals surface area (Å²) < 4.78 is 10.4. The van der Waals surface area contributed by atoms with Crippen LogP contribution in [0.4, 0.5) is 0 Å². The Labute approximate surface area is 129 Å². The van der Waals surface area contributed by atoms with Gasteiger partial charge in [-0.15, -0.1) is 0 Å². The Morgan fingerprint density at radius 2 is 1.95 bits per heavy atom. The van der Waals surface area contributed by atoms with Crippen molar-refractivity contribution in [2.24, 2.45) is 0 Å². The second kappa shape index (κ2) is 7.75. The number of carbonyl (C=O) groups excluding carboxylic acids is 1. The second-order valence-corrected chi connectivity index (χ2v) is 5.01. The molecule has 118 valence electrons. The monoisotopic (exact) mass is 303 g/mol. The number of carbonyl (C=O) groups is 1. The molecule has 0 saturated carbocycles. The van der Waals surface area contributed by atoms with E-state index in [1.54, 1.807) is 12.1 Å². The number of nitrogens with zero attached hydrogens (tertiary/aromatic N) is 1. The fraction of sp³-hybridized carbons (Fsp3) is 0.412. The first-order chi connectivity index (χ1) is 10.6. The molecule has 2 aromatic rings. The maximum atomic E-state index is 12.0. The van der Waals surface area contributed by atoms with Crippen LogP contribution >= 0.6 is 0 Å². The Bertz CT molecular complexity index is 688. The van der Waals surface area contributed by atoms with Gasteiger partial charge >= 0.3 is 11.6 Å². The molecule has 0 bridgehead atoms. The van der Waals surface area contributed by atoms with Gasteiger partial charge in [0.15, 0.2) is 0 Å². The highest BCUT2D eigenvalue weighted by atomic mass is 16.5. The summed E-state index contributed by atoms with van der Waals surface area (Å²) in [5.41, 5.74) is 0.672. The fourth-order valence-electron chi connectivity index (χ4n) is 2.36. The first kappa shape index (κ1) is 16.2. The van der Waals surface area contributed by atoms with Crippen LogP contribution in [0.2, 0.25) is 0 Å². The fourth-order valence-corrected chi connectivity index (χ4v) is 2.36. The molecule has 0 spiro atoms. The third-order valence-electron chi connectivity index (χ3n) is 3.64. The minimum absolute atomic E-state index is 0.0738. The minimum atomic E-state index is -0.454. The standard InChI is InChI=1S/C17H21NO4/c1-3-18(4-2)9-10-21-16(19)11-13-12-17(20)22-15-8-6-5-7-14(13)15/h5-8,12H,3-4,9-11H2,1-2H3. The van der Waals surface area contributed by atoms with Crippen LogP contribution in [0.25, 0.3) is 11.0 Å². The van der Waals surface area contributed by atoms with Gasteiger partial charge in [0.1, 0.15) is 12.2 Å². The molecule has 1 heterocycles. The van der Waals surface area contributed by atoms with Crippen molar-refractivity contribution in [3.05, 3.63) is 46.3 Å². The predicted molar refractivity (Wildman–Crippen MR) is 84.9 cm³/mol. The number of benzene rings is 1. The van der Waals surface area contributed by atoms with Crippen LogP contribution in [0.15, 0.2) is 39.5 Å². The molecule has 22 heavy (non-hydrogen) atoms. The summed E-state index contributed by atoms with van der Waals surface area (Å²) in [6.45, 7) is 7.08. The number of esters is 1. The lowest BCUT2D eigenvalue weighted by Crippen LogP contribution is -2.28. The molecule has 5 heteroatoms. The van der Waals surface area contributed by atoms with E-state index in [4.69, 9.17) is 9.15 Å². The van der Waals surface area contributed by atoms with E-state index in [1.807, 2.05) is 12.1 Å². The van der Waals surface area contributed by atoms with Crippen molar-refractivity contribution in [2.45, 2.75) is 20.3 Å². The maximum absolute atomic E-state index is 12.0. The molecule has 1 aromatic heterocycles. The molecular weight excluding hydrogens is 282 g/mol. The normalized spacial score (nSPS) is 11.0. The highest BCUT2D eigenvalue weighted by Crippen LogP contribution is 2.17. The largest absolute Gasteiger partial charge is 0.464 e. The zero-order valence-corrected chi connectivity index (χ0v) is 13.0. The van der Waals surface area contributed by atoms with Crippen LogP contribution in [-0.2, 0) is 16.0 Å². The van der Waals surface area contributed by atoms with Gasteiger partial charge in [-0.2, -0.15) is 0 Å². The predicted octanol–water partition coefficient (Wildman–Crippen LogP) is 2.22. The summed E-state index contributed by atoms with van der Waals surface area (Å²) in [6.07, 6.45) is 0.0738. The number of likely N-dealkylation sites (N-methyl/N-ethyl adjacent to an activating group) is 1. The van der Waals surface area contributed by atoms with Gasteiger partial charge in [-0.05, 0) is 24.7 Å². The van der Waals surface area contributed by atoms with Crippen molar-refractivity contribution in [3.63, 3.8) is 0 Å². The summed E-state index contributed by atoms with van der Waals surface area (Å²) in [5.74, 6) is -0.331. The van der Waals surface area contributed by atoms with Crippen LogP contribution in [0.3, 0.4) is 0 Å². The number of ether oxygens (including phenoxy) is 1. The third-order valence-corrected chi connectivity index (χ3v) is 3.64. The topological polar surface area (TPSA) is 59.8 Å². The van der Waals surface area contributed by atoms with Gasteiger partial charge in [-0.3, -0.25) is 4.79 Å². The van der Waals surface area contributed by atoms with Crippen molar-refractivity contribution < 1.29 is 13.9 Å². The van der Waals surface area contributed by atoms with Gasteiger partial charge in [0.2, 0.25) is 0 Å². The van der Waals surface area contributed by atoms with Gasteiger partial charge in [-0.25, -0.2) is 4.79 Å². The molecule has 5 nitrogen and oxygen atoms in total. The lowest BCUT2D eigenvalue weighted by Gasteiger charge is -2.17. The van der Waals surface area contributed by atoms with Gasteiger partial charge in [0.05, 0.1) is 6.42 Å². The van der Waals surface area contributed by atoms with E-state index in [-0.39, 0.29) is 12.4 Å². The molecular formula is C17H21NO4. The van der Waals surface area contributed by atoms with Crippen LogP contribution in [0.1, 0.15) is 19.4 Å². The molecule has 0 aliphatic rings. The Balaban J connectivity index is 2.01. The first-order valence-electron chi connectivity index (χ1n) is 7.53. The molecule has 0 atom stereocenters. The molecule has 0 aliphatic heterocycles. The molecule has 0 fully saturated rings. The molecule has 1 aromatic carbocycles. The Kier molecular flexibility index (Phi) is 5.72. The van der Waals surface area contributed by atoms with E-state index < -0.39 is 5.63 Å². The summed E-state index contributed by atoms with van der Waals surface area (Å²) in [4.78, 5) is 25.7. The van der Waals surface area contributed by atoms with Crippen molar-refractivity contribution in [2.75, 3.05) is 26.2 Å². The molecule has 0 amide bonds. The number of rotatable bonds is 7. The van der Waals surface area contributed by atoms with Crippen molar-refractivity contribution in [1.82, 2.24) is 4.90 Å². The molecule has 0 aliphatic carbocycles. The Hall–Kier alpha value is -2.14. The summed E-state index contributed by atoms with van der Waals surface area (Å²) >= 11 is 0. The quantitative estimate of drug-likeness (QED) is 0.580. The Morgan fingerprint density at radius 3 is 2.68 bits per heavy atom. The zero-order valence-electron chi connectivity index (χ0n) is 13.0. The van der Waals surface area contributed by atoms with E-state index in [0.29, 0.717) is 17.8 Å². The second-order valence-electron chi connectivity index (χ2n) is 5.01. The molecule has 0 radical (unpaired) electrons. The van der Waals surface area contributed by atoms with Gasteiger partial charge in [0, 0.05) is 18.0 Å². The van der Waals surface area contributed by atoms with E-state index in [0.717, 1.165) is 25.0 Å². The number of hydrogen-bond donors (Lipinski definition) is 0. The van der Waals surface area contributed by atoms with Gasteiger partial charge in [-0.1, -0.05) is 32.0 Å².